The van der Waals surface area contributed by atoms with E-state index in [0.29, 0.717) is 12.1 Å². The minimum atomic E-state index is 0.565. The highest BCUT2D eigenvalue weighted by Gasteiger charge is 2.24. The number of nitrogens with one attached hydrogen (secondary N) is 1. The van der Waals surface area contributed by atoms with Crippen molar-refractivity contribution in [1.29, 1.82) is 0 Å². The Morgan fingerprint density at radius 2 is 2.29 bits per heavy atom. The van der Waals surface area contributed by atoms with E-state index in [0.717, 1.165) is 32.8 Å². The molecule has 1 rings (SSSR count). The molecule has 1 fully saturated rings. The van der Waals surface area contributed by atoms with Gasteiger partial charge in [-0.25, -0.2) is 0 Å². The number of nitrogens with zero attached hydrogens (tertiary/aromatic N) is 1. The maximum atomic E-state index is 5.51. The zero-order valence-corrected chi connectivity index (χ0v) is 9.75. The lowest BCUT2D eigenvalue weighted by molar-refractivity contribution is -0.0212. The Hall–Kier alpha value is -0.120. The number of morpholine rings is 1. The van der Waals surface area contributed by atoms with Gasteiger partial charge < -0.3 is 10.1 Å². The van der Waals surface area contributed by atoms with Crippen molar-refractivity contribution < 1.29 is 4.74 Å². The van der Waals surface area contributed by atoms with Crippen molar-refractivity contribution in [3.63, 3.8) is 0 Å². The van der Waals surface area contributed by atoms with Crippen LogP contribution in [-0.2, 0) is 4.74 Å². The Bertz CT molecular complexity index is 150. The molecule has 1 atom stereocenters. The largest absolute Gasteiger partial charge is 0.378 e. The topological polar surface area (TPSA) is 24.5 Å². The normalized spacial score (nSPS) is 24.4. The maximum absolute atomic E-state index is 5.51. The van der Waals surface area contributed by atoms with Gasteiger partial charge in [-0.05, 0) is 26.8 Å². The van der Waals surface area contributed by atoms with E-state index in [4.69, 9.17) is 4.74 Å². The van der Waals surface area contributed by atoms with Crippen molar-refractivity contribution >= 4 is 0 Å². The summed E-state index contributed by atoms with van der Waals surface area (Å²) in [6, 6.07) is 1.20. The molecule has 0 aliphatic carbocycles. The minimum Gasteiger partial charge on any atom is -0.378 e. The van der Waals surface area contributed by atoms with Crippen LogP contribution in [0.4, 0.5) is 0 Å². The van der Waals surface area contributed by atoms with Gasteiger partial charge in [0.05, 0.1) is 13.2 Å². The molecule has 3 heteroatoms. The molecule has 0 spiro atoms. The zero-order chi connectivity index (χ0) is 10.4. The molecule has 0 saturated carbocycles. The second-order valence-corrected chi connectivity index (χ2v) is 4.26. The van der Waals surface area contributed by atoms with Crippen LogP contribution in [0.3, 0.4) is 0 Å². The van der Waals surface area contributed by atoms with Crippen molar-refractivity contribution in [2.75, 3.05) is 32.8 Å². The first kappa shape index (κ1) is 12.0. The van der Waals surface area contributed by atoms with Gasteiger partial charge in [-0.3, -0.25) is 4.90 Å². The van der Waals surface area contributed by atoms with Gasteiger partial charge in [-0.15, -0.1) is 0 Å². The van der Waals surface area contributed by atoms with Crippen LogP contribution in [0.15, 0.2) is 0 Å². The van der Waals surface area contributed by atoms with Gasteiger partial charge >= 0.3 is 0 Å². The lowest BCUT2D eigenvalue weighted by atomic mass is 10.1. The second kappa shape index (κ2) is 6.38. The monoisotopic (exact) mass is 200 g/mol. The van der Waals surface area contributed by atoms with Crippen LogP contribution in [0.1, 0.15) is 27.2 Å². The van der Waals surface area contributed by atoms with Gasteiger partial charge in [0.1, 0.15) is 0 Å². The summed E-state index contributed by atoms with van der Waals surface area (Å²) in [6.45, 7) is 11.8. The van der Waals surface area contributed by atoms with Gasteiger partial charge in [-0.2, -0.15) is 0 Å². The third-order valence-corrected chi connectivity index (χ3v) is 2.74. The van der Waals surface area contributed by atoms with Crippen molar-refractivity contribution in [2.24, 2.45) is 0 Å². The minimum absolute atomic E-state index is 0.565. The fourth-order valence-corrected chi connectivity index (χ4v) is 1.97. The fraction of sp³-hybridized carbons (Fsp3) is 1.00. The molecule has 1 aliphatic heterocycles. The van der Waals surface area contributed by atoms with Crippen LogP contribution in [0.2, 0.25) is 0 Å². The molecule has 0 radical (unpaired) electrons. The highest BCUT2D eigenvalue weighted by atomic mass is 16.5. The molecule has 84 valence electrons. The van der Waals surface area contributed by atoms with E-state index in [9.17, 15) is 0 Å². The molecular weight excluding hydrogens is 176 g/mol. The number of hydrogen-bond acceptors (Lipinski definition) is 3. The third-order valence-electron chi connectivity index (χ3n) is 2.74. The molecule has 1 N–H and O–H groups in total. The Balaban J connectivity index is 2.30. The molecule has 1 aliphatic rings. The Morgan fingerprint density at radius 1 is 1.50 bits per heavy atom. The summed E-state index contributed by atoms with van der Waals surface area (Å²) in [4.78, 5) is 2.53. The predicted molar refractivity (Wildman–Crippen MR) is 59.6 cm³/mol. The van der Waals surface area contributed by atoms with Crippen molar-refractivity contribution in [3.8, 4) is 0 Å². The van der Waals surface area contributed by atoms with E-state index in [1.54, 1.807) is 0 Å². The molecular formula is C11H24N2O. The van der Waals surface area contributed by atoms with E-state index < -0.39 is 0 Å². The molecule has 1 saturated heterocycles. The third kappa shape index (κ3) is 3.56. The Morgan fingerprint density at radius 3 is 2.93 bits per heavy atom. The van der Waals surface area contributed by atoms with Crippen molar-refractivity contribution in [2.45, 2.75) is 39.3 Å². The summed E-state index contributed by atoms with van der Waals surface area (Å²) >= 11 is 0. The molecule has 0 aromatic rings. The van der Waals surface area contributed by atoms with Crippen LogP contribution >= 0.6 is 0 Å². The summed E-state index contributed by atoms with van der Waals surface area (Å²) in [5.74, 6) is 0. The van der Waals surface area contributed by atoms with Crippen LogP contribution in [0.5, 0.6) is 0 Å². The second-order valence-electron chi connectivity index (χ2n) is 4.26. The van der Waals surface area contributed by atoms with E-state index in [1.807, 2.05) is 0 Å². The summed E-state index contributed by atoms with van der Waals surface area (Å²) < 4.78 is 5.51. The van der Waals surface area contributed by atoms with E-state index in [-0.39, 0.29) is 0 Å². The first-order valence-electron chi connectivity index (χ1n) is 5.80. The van der Waals surface area contributed by atoms with E-state index in [1.165, 1.54) is 6.42 Å². The SMILES string of the molecule is CCCNCC1COCCN1C(C)C. The lowest BCUT2D eigenvalue weighted by Crippen LogP contribution is -2.53. The first-order valence-corrected chi connectivity index (χ1v) is 5.80. The number of ether oxygens (including phenoxy) is 1. The fourth-order valence-electron chi connectivity index (χ4n) is 1.97. The Labute approximate surface area is 87.8 Å². The highest BCUT2D eigenvalue weighted by Crippen LogP contribution is 2.09. The quantitative estimate of drug-likeness (QED) is 0.673. The Kier molecular flexibility index (Phi) is 5.45. The van der Waals surface area contributed by atoms with Gasteiger partial charge in [0, 0.05) is 25.2 Å². The lowest BCUT2D eigenvalue weighted by Gasteiger charge is -2.38. The molecule has 14 heavy (non-hydrogen) atoms. The number of hydrogen-bond donors (Lipinski definition) is 1. The van der Waals surface area contributed by atoms with Gasteiger partial charge in [-0.1, -0.05) is 6.92 Å². The molecule has 0 bridgehead atoms. The predicted octanol–water partition coefficient (Wildman–Crippen LogP) is 1.10. The number of rotatable bonds is 5. The molecule has 0 amide bonds. The molecule has 3 nitrogen and oxygen atoms in total. The summed E-state index contributed by atoms with van der Waals surface area (Å²) in [5.41, 5.74) is 0. The molecule has 1 heterocycles. The van der Waals surface area contributed by atoms with Crippen LogP contribution in [0.25, 0.3) is 0 Å². The van der Waals surface area contributed by atoms with Crippen LogP contribution in [-0.4, -0.2) is 49.8 Å². The zero-order valence-electron chi connectivity index (χ0n) is 9.75. The summed E-state index contributed by atoms with van der Waals surface area (Å²) in [7, 11) is 0. The van der Waals surface area contributed by atoms with E-state index >= 15 is 0 Å². The van der Waals surface area contributed by atoms with Crippen molar-refractivity contribution in [3.05, 3.63) is 0 Å². The van der Waals surface area contributed by atoms with Crippen LogP contribution < -0.4 is 5.32 Å². The average molecular weight is 200 g/mol. The highest BCUT2D eigenvalue weighted by molar-refractivity contribution is 4.79. The standard InChI is InChI=1S/C11H24N2O/c1-4-5-12-8-11-9-14-7-6-13(11)10(2)3/h10-12H,4-9H2,1-3H3. The summed E-state index contributed by atoms with van der Waals surface area (Å²) in [5, 5.41) is 3.47. The summed E-state index contributed by atoms with van der Waals surface area (Å²) in [6.07, 6.45) is 1.20. The molecule has 0 aromatic carbocycles. The molecule has 1 unspecified atom stereocenters. The van der Waals surface area contributed by atoms with Crippen LogP contribution in [0, 0.1) is 0 Å². The maximum Gasteiger partial charge on any atom is 0.0634 e. The van der Waals surface area contributed by atoms with Gasteiger partial charge in [0.2, 0.25) is 0 Å². The first-order chi connectivity index (χ1) is 6.75. The smallest absolute Gasteiger partial charge is 0.0634 e. The molecule has 0 aromatic heterocycles. The van der Waals surface area contributed by atoms with Gasteiger partial charge in [0.15, 0.2) is 0 Å². The van der Waals surface area contributed by atoms with E-state index in [2.05, 4.69) is 31.0 Å². The average Bonchev–Trinajstić information content (AvgIpc) is 2.19. The van der Waals surface area contributed by atoms with Crippen molar-refractivity contribution in [1.82, 2.24) is 10.2 Å². The van der Waals surface area contributed by atoms with Gasteiger partial charge in [0.25, 0.3) is 0 Å².